The Morgan fingerprint density at radius 3 is 2.22 bits per heavy atom. The summed E-state index contributed by atoms with van der Waals surface area (Å²) in [7, 11) is 0. The summed E-state index contributed by atoms with van der Waals surface area (Å²) in [5.41, 5.74) is 0.428. The predicted octanol–water partition coefficient (Wildman–Crippen LogP) is 6.12. The zero-order valence-electron chi connectivity index (χ0n) is 20.8. The number of amides is 2. The van der Waals surface area contributed by atoms with Crippen molar-refractivity contribution in [1.29, 1.82) is 0 Å². The zero-order valence-corrected chi connectivity index (χ0v) is 23.2. The van der Waals surface area contributed by atoms with Crippen LogP contribution in [0.3, 0.4) is 0 Å². The van der Waals surface area contributed by atoms with Gasteiger partial charge in [-0.05, 0) is 50.8 Å². The van der Waals surface area contributed by atoms with Gasteiger partial charge in [-0.15, -0.1) is 10.2 Å². The van der Waals surface area contributed by atoms with E-state index in [0.717, 1.165) is 25.7 Å². The largest absolute Gasteiger partial charge is 0.345 e. The SMILES string of the molecule is CCn1c(CNC(=O)c2ccc(Cl)c(Cl)c2)nnc1SCC(=O)N(C1CCCCC1)C1CCCCC1. The minimum Gasteiger partial charge on any atom is -0.345 e. The molecule has 2 aromatic rings. The van der Waals surface area contributed by atoms with Crippen LogP contribution in [0.5, 0.6) is 0 Å². The van der Waals surface area contributed by atoms with Gasteiger partial charge in [-0.3, -0.25) is 9.59 Å². The number of hydrogen-bond donors (Lipinski definition) is 1. The van der Waals surface area contributed by atoms with Gasteiger partial charge in [0.2, 0.25) is 5.91 Å². The molecule has 1 aromatic carbocycles. The first-order chi connectivity index (χ1) is 17.5. The van der Waals surface area contributed by atoms with Crippen LogP contribution in [-0.2, 0) is 17.9 Å². The highest BCUT2D eigenvalue weighted by Crippen LogP contribution is 2.31. The third kappa shape index (κ3) is 6.75. The molecule has 2 aliphatic rings. The van der Waals surface area contributed by atoms with Gasteiger partial charge < -0.3 is 14.8 Å². The summed E-state index contributed by atoms with van der Waals surface area (Å²) < 4.78 is 1.96. The average molecular weight is 553 g/mol. The summed E-state index contributed by atoms with van der Waals surface area (Å²) in [5, 5.41) is 12.9. The predicted molar refractivity (Wildman–Crippen MR) is 145 cm³/mol. The summed E-state index contributed by atoms with van der Waals surface area (Å²) in [6, 6.07) is 5.53. The normalized spacial score (nSPS) is 17.2. The van der Waals surface area contributed by atoms with Crippen LogP contribution in [0.1, 0.15) is 87.3 Å². The molecule has 2 aliphatic carbocycles. The minimum absolute atomic E-state index is 0.221. The fourth-order valence-corrected chi connectivity index (χ4v) is 6.59. The van der Waals surface area contributed by atoms with Crippen molar-refractivity contribution in [2.24, 2.45) is 0 Å². The lowest BCUT2D eigenvalue weighted by molar-refractivity contribution is -0.135. The first-order valence-electron chi connectivity index (χ1n) is 13.1. The smallest absolute Gasteiger partial charge is 0.251 e. The second-order valence-electron chi connectivity index (χ2n) is 9.63. The quantitative estimate of drug-likeness (QED) is 0.379. The number of aromatic nitrogens is 3. The van der Waals surface area contributed by atoms with E-state index in [2.05, 4.69) is 20.4 Å². The lowest BCUT2D eigenvalue weighted by atomic mass is 9.88. The molecular formula is C26H35Cl2N5O2S. The van der Waals surface area contributed by atoms with Gasteiger partial charge in [0.15, 0.2) is 11.0 Å². The topological polar surface area (TPSA) is 80.1 Å². The number of carbonyl (C=O) groups is 2. The van der Waals surface area contributed by atoms with Crippen molar-refractivity contribution in [3.63, 3.8) is 0 Å². The van der Waals surface area contributed by atoms with Crippen molar-refractivity contribution in [2.75, 3.05) is 5.75 Å². The number of hydrogen-bond acceptors (Lipinski definition) is 5. The maximum atomic E-state index is 13.5. The maximum Gasteiger partial charge on any atom is 0.251 e. The molecule has 196 valence electrons. The first-order valence-corrected chi connectivity index (χ1v) is 14.8. The summed E-state index contributed by atoms with van der Waals surface area (Å²) in [4.78, 5) is 28.3. The van der Waals surface area contributed by atoms with Gasteiger partial charge in [0, 0.05) is 24.2 Å². The van der Waals surface area contributed by atoms with Crippen molar-refractivity contribution in [3.05, 3.63) is 39.6 Å². The molecule has 2 amide bonds. The molecule has 2 saturated carbocycles. The Morgan fingerprint density at radius 1 is 1.00 bits per heavy atom. The summed E-state index contributed by atoms with van der Waals surface area (Å²) in [5.74, 6) is 0.969. The van der Waals surface area contributed by atoms with E-state index in [1.165, 1.54) is 50.3 Å². The molecule has 1 N–H and O–H groups in total. The van der Waals surface area contributed by atoms with Crippen LogP contribution in [0.15, 0.2) is 23.4 Å². The van der Waals surface area contributed by atoms with Crippen LogP contribution in [-0.4, -0.2) is 49.3 Å². The molecule has 1 heterocycles. The lowest BCUT2D eigenvalue weighted by Crippen LogP contribution is -2.49. The van der Waals surface area contributed by atoms with Crippen molar-refractivity contribution < 1.29 is 9.59 Å². The van der Waals surface area contributed by atoms with E-state index in [1.807, 2.05) is 11.5 Å². The maximum absolute atomic E-state index is 13.5. The molecule has 10 heteroatoms. The molecular weight excluding hydrogens is 517 g/mol. The Hall–Kier alpha value is -1.77. The molecule has 0 saturated heterocycles. The van der Waals surface area contributed by atoms with Gasteiger partial charge in [0.1, 0.15) is 0 Å². The molecule has 36 heavy (non-hydrogen) atoms. The zero-order chi connectivity index (χ0) is 25.5. The molecule has 4 rings (SSSR count). The second-order valence-corrected chi connectivity index (χ2v) is 11.4. The van der Waals surface area contributed by atoms with Crippen molar-refractivity contribution in [2.45, 2.75) is 101 Å². The summed E-state index contributed by atoms with van der Waals surface area (Å²) in [6.45, 7) is 2.89. The number of nitrogens with one attached hydrogen (secondary N) is 1. The monoisotopic (exact) mass is 551 g/mol. The van der Waals surface area contributed by atoms with E-state index >= 15 is 0 Å². The van der Waals surface area contributed by atoms with Gasteiger partial charge in [-0.25, -0.2) is 0 Å². The van der Waals surface area contributed by atoms with E-state index in [0.29, 0.717) is 51.0 Å². The fraction of sp³-hybridized carbons (Fsp3) is 0.615. The Morgan fingerprint density at radius 2 is 1.64 bits per heavy atom. The highest BCUT2D eigenvalue weighted by molar-refractivity contribution is 7.99. The number of nitrogens with zero attached hydrogens (tertiary/aromatic N) is 4. The van der Waals surface area contributed by atoms with Gasteiger partial charge >= 0.3 is 0 Å². The Labute approximate surface area is 227 Å². The standard InChI is InChI=1S/C26H35Cl2N5O2S/c1-2-32-23(16-29-25(35)18-13-14-21(27)22(28)15-18)30-31-26(32)36-17-24(34)33(19-9-5-3-6-10-19)20-11-7-4-8-12-20/h13-15,19-20H,2-12,16-17H2,1H3,(H,29,35). The van der Waals surface area contributed by atoms with Crippen LogP contribution >= 0.6 is 35.0 Å². The van der Waals surface area contributed by atoms with Crippen LogP contribution < -0.4 is 5.32 Å². The second kappa shape index (κ2) is 13.2. The van der Waals surface area contributed by atoms with E-state index in [9.17, 15) is 9.59 Å². The van der Waals surface area contributed by atoms with Gasteiger partial charge in [0.05, 0.1) is 22.3 Å². The van der Waals surface area contributed by atoms with Crippen molar-refractivity contribution in [1.82, 2.24) is 25.0 Å². The highest BCUT2D eigenvalue weighted by atomic mass is 35.5. The van der Waals surface area contributed by atoms with Crippen LogP contribution in [0.25, 0.3) is 0 Å². The van der Waals surface area contributed by atoms with E-state index in [1.54, 1.807) is 18.2 Å². The van der Waals surface area contributed by atoms with Gasteiger partial charge in [-0.1, -0.05) is 73.5 Å². The third-order valence-electron chi connectivity index (χ3n) is 7.25. The number of benzene rings is 1. The number of rotatable bonds is 9. The van der Waals surface area contributed by atoms with Crippen LogP contribution in [0, 0.1) is 0 Å². The highest BCUT2D eigenvalue weighted by Gasteiger charge is 2.32. The lowest BCUT2D eigenvalue weighted by Gasteiger charge is -2.41. The average Bonchev–Trinajstić information content (AvgIpc) is 3.30. The molecule has 1 aromatic heterocycles. The van der Waals surface area contributed by atoms with Gasteiger partial charge in [-0.2, -0.15) is 0 Å². The Balaban J connectivity index is 1.38. The van der Waals surface area contributed by atoms with Crippen molar-refractivity contribution >= 4 is 46.8 Å². The van der Waals surface area contributed by atoms with Crippen LogP contribution in [0.4, 0.5) is 0 Å². The van der Waals surface area contributed by atoms with Crippen molar-refractivity contribution in [3.8, 4) is 0 Å². The molecule has 0 radical (unpaired) electrons. The minimum atomic E-state index is -0.265. The summed E-state index contributed by atoms with van der Waals surface area (Å²) >= 11 is 13.4. The van der Waals surface area contributed by atoms with E-state index in [4.69, 9.17) is 23.2 Å². The van der Waals surface area contributed by atoms with Gasteiger partial charge in [0.25, 0.3) is 5.91 Å². The molecule has 2 fully saturated rings. The molecule has 7 nitrogen and oxygen atoms in total. The molecule has 0 bridgehead atoms. The Bertz CT molecular complexity index is 1030. The van der Waals surface area contributed by atoms with E-state index in [-0.39, 0.29) is 18.4 Å². The molecule has 0 aliphatic heterocycles. The molecule has 0 atom stereocenters. The van der Waals surface area contributed by atoms with E-state index < -0.39 is 0 Å². The molecule has 0 unspecified atom stereocenters. The van der Waals surface area contributed by atoms with Crippen LogP contribution in [0.2, 0.25) is 10.0 Å². The Kier molecular flexibility index (Phi) is 9.96. The number of thioether (sulfide) groups is 1. The third-order valence-corrected chi connectivity index (χ3v) is 8.94. The number of halogens is 2. The number of carbonyl (C=O) groups excluding carboxylic acids is 2. The fourth-order valence-electron chi connectivity index (χ4n) is 5.40. The summed E-state index contributed by atoms with van der Waals surface area (Å²) in [6.07, 6.45) is 11.9. The molecule has 0 spiro atoms. The first kappa shape index (κ1) is 27.3.